The van der Waals surface area contributed by atoms with Gasteiger partial charge < -0.3 is 10.6 Å². The number of amides is 1. The molecule has 1 heterocycles. The standard InChI is InChI=1S/C16H24N2O/c1-12-4-3-5-14(10-12)7-9-18-16(19)15-11-13(2)6-8-17-15/h3-5,10,13,15,17H,6-9,11H2,1-2H3,(H,18,19). The highest BCUT2D eigenvalue weighted by atomic mass is 16.2. The van der Waals surface area contributed by atoms with Gasteiger partial charge in [-0.1, -0.05) is 36.8 Å². The minimum absolute atomic E-state index is 0.00117. The molecule has 2 atom stereocenters. The van der Waals surface area contributed by atoms with Gasteiger partial charge in [0.1, 0.15) is 0 Å². The SMILES string of the molecule is Cc1cccc(CCNC(=O)C2CC(C)CCN2)c1. The monoisotopic (exact) mass is 260 g/mol. The van der Waals surface area contributed by atoms with Crippen LogP contribution in [-0.4, -0.2) is 25.0 Å². The summed E-state index contributed by atoms with van der Waals surface area (Å²) < 4.78 is 0. The van der Waals surface area contributed by atoms with Gasteiger partial charge in [0.15, 0.2) is 0 Å². The molecule has 1 aromatic rings. The maximum Gasteiger partial charge on any atom is 0.237 e. The molecule has 0 spiro atoms. The summed E-state index contributed by atoms with van der Waals surface area (Å²) in [5.41, 5.74) is 2.55. The summed E-state index contributed by atoms with van der Waals surface area (Å²) in [4.78, 5) is 12.0. The van der Waals surface area contributed by atoms with Crippen LogP contribution in [0.3, 0.4) is 0 Å². The summed E-state index contributed by atoms with van der Waals surface area (Å²) >= 11 is 0. The summed E-state index contributed by atoms with van der Waals surface area (Å²) in [5, 5.41) is 6.33. The smallest absolute Gasteiger partial charge is 0.237 e. The molecule has 3 heteroatoms. The molecule has 1 aliphatic heterocycles. The summed E-state index contributed by atoms with van der Waals surface area (Å²) in [6, 6.07) is 8.45. The lowest BCUT2D eigenvalue weighted by Crippen LogP contribution is -2.48. The Balaban J connectivity index is 1.74. The van der Waals surface area contributed by atoms with Crippen LogP contribution >= 0.6 is 0 Å². The first kappa shape index (κ1) is 14.1. The quantitative estimate of drug-likeness (QED) is 0.870. The zero-order chi connectivity index (χ0) is 13.7. The molecule has 1 amide bonds. The lowest BCUT2D eigenvalue weighted by molar-refractivity contribution is -0.123. The van der Waals surface area contributed by atoms with Gasteiger partial charge in [-0.2, -0.15) is 0 Å². The number of carbonyl (C=O) groups excluding carboxylic acids is 1. The second kappa shape index (κ2) is 6.71. The van der Waals surface area contributed by atoms with Crippen molar-refractivity contribution >= 4 is 5.91 Å². The van der Waals surface area contributed by atoms with Crippen LogP contribution < -0.4 is 10.6 Å². The number of hydrogen-bond donors (Lipinski definition) is 2. The minimum atomic E-state index is 0.00117. The molecular formula is C16H24N2O. The lowest BCUT2D eigenvalue weighted by Gasteiger charge is -2.27. The Hall–Kier alpha value is -1.35. The Morgan fingerprint density at radius 1 is 1.47 bits per heavy atom. The van der Waals surface area contributed by atoms with Crippen molar-refractivity contribution in [1.82, 2.24) is 10.6 Å². The van der Waals surface area contributed by atoms with E-state index in [0.717, 1.165) is 25.9 Å². The molecule has 2 rings (SSSR count). The Morgan fingerprint density at radius 3 is 3.05 bits per heavy atom. The average Bonchev–Trinajstić information content (AvgIpc) is 2.38. The topological polar surface area (TPSA) is 41.1 Å². The van der Waals surface area contributed by atoms with Crippen molar-refractivity contribution in [3.63, 3.8) is 0 Å². The van der Waals surface area contributed by atoms with Gasteiger partial charge in [0.25, 0.3) is 0 Å². The maximum absolute atomic E-state index is 12.0. The first-order valence-electron chi connectivity index (χ1n) is 7.22. The van der Waals surface area contributed by atoms with Gasteiger partial charge in [-0.15, -0.1) is 0 Å². The molecule has 2 unspecified atom stereocenters. The van der Waals surface area contributed by atoms with Gasteiger partial charge in [-0.25, -0.2) is 0 Å². The Kier molecular flexibility index (Phi) is 4.97. The van der Waals surface area contributed by atoms with Crippen LogP contribution in [0.25, 0.3) is 0 Å². The summed E-state index contributed by atoms with van der Waals surface area (Å²) in [5.74, 6) is 0.799. The minimum Gasteiger partial charge on any atom is -0.354 e. The fraction of sp³-hybridized carbons (Fsp3) is 0.562. The lowest BCUT2D eigenvalue weighted by atomic mass is 9.94. The van der Waals surface area contributed by atoms with Crippen LogP contribution in [0.5, 0.6) is 0 Å². The number of piperidine rings is 1. The van der Waals surface area contributed by atoms with E-state index < -0.39 is 0 Å². The van der Waals surface area contributed by atoms with Crippen LogP contribution in [0, 0.1) is 12.8 Å². The van der Waals surface area contributed by atoms with Crippen molar-refractivity contribution < 1.29 is 4.79 Å². The number of rotatable bonds is 4. The van der Waals surface area contributed by atoms with Crippen molar-refractivity contribution in [1.29, 1.82) is 0 Å². The van der Waals surface area contributed by atoms with Crippen molar-refractivity contribution in [2.24, 2.45) is 5.92 Å². The van der Waals surface area contributed by atoms with Crippen LogP contribution in [0.1, 0.15) is 30.9 Å². The zero-order valence-corrected chi connectivity index (χ0v) is 11.9. The molecule has 2 N–H and O–H groups in total. The number of nitrogens with one attached hydrogen (secondary N) is 2. The van der Waals surface area contributed by atoms with Gasteiger partial charge in [0.05, 0.1) is 6.04 Å². The third kappa shape index (κ3) is 4.35. The van der Waals surface area contributed by atoms with Crippen LogP contribution in [0.15, 0.2) is 24.3 Å². The Bertz CT molecular complexity index is 431. The van der Waals surface area contributed by atoms with E-state index in [2.05, 4.69) is 48.7 Å². The fourth-order valence-corrected chi connectivity index (χ4v) is 2.63. The second-order valence-electron chi connectivity index (χ2n) is 5.67. The average molecular weight is 260 g/mol. The van der Waals surface area contributed by atoms with Gasteiger partial charge in [-0.05, 0) is 44.2 Å². The summed E-state index contributed by atoms with van der Waals surface area (Å²) in [7, 11) is 0. The largest absolute Gasteiger partial charge is 0.354 e. The van der Waals surface area contributed by atoms with E-state index in [1.54, 1.807) is 0 Å². The normalized spacial score (nSPS) is 23.1. The predicted octanol–water partition coefficient (Wildman–Crippen LogP) is 2.04. The van der Waals surface area contributed by atoms with Crippen LogP contribution in [0.4, 0.5) is 0 Å². The second-order valence-corrected chi connectivity index (χ2v) is 5.67. The van der Waals surface area contributed by atoms with E-state index in [0.29, 0.717) is 5.92 Å². The van der Waals surface area contributed by atoms with E-state index >= 15 is 0 Å². The van der Waals surface area contributed by atoms with E-state index in [9.17, 15) is 4.79 Å². The number of aryl methyl sites for hydroxylation is 1. The van der Waals surface area contributed by atoms with E-state index in [4.69, 9.17) is 0 Å². The highest BCUT2D eigenvalue weighted by Crippen LogP contribution is 2.14. The van der Waals surface area contributed by atoms with Crippen molar-refractivity contribution in [2.45, 2.75) is 39.2 Å². The van der Waals surface area contributed by atoms with Crippen molar-refractivity contribution in [2.75, 3.05) is 13.1 Å². The molecule has 0 bridgehead atoms. The van der Waals surface area contributed by atoms with E-state index in [-0.39, 0.29) is 11.9 Å². The predicted molar refractivity (Wildman–Crippen MR) is 78.1 cm³/mol. The van der Waals surface area contributed by atoms with E-state index in [1.807, 2.05) is 0 Å². The molecule has 1 fully saturated rings. The van der Waals surface area contributed by atoms with Gasteiger partial charge in [0, 0.05) is 6.54 Å². The summed E-state index contributed by atoms with van der Waals surface area (Å²) in [6.45, 7) is 5.98. The molecule has 0 saturated carbocycles. The Labute approximate surface area is 115 Å². The van der Waals surface area contributed by atoms with Gasteiger partial charge in [-0.3, -0.25) is 4.79 Å². The van der Waals surface area contributed by atoms with Gasteiger partial charge >= 0.3 is 0 Å². The molecule has 1 aromatic carbocycles. The van der Waals surface area contributed by atoms with E-state index in [1.165, 1.54) is 17.5 Å². The highest BCUT2D eigenvalue weighted by Gasteiger charge is 2.23. The zero-order valence-electron chi connectivity index (χ0n) is 11.9. The molecule has 104 valence electrons. The molecular weight excluding hydrogens is 236 g/mol. The van der Waals surface area contributed by atoms with Gasteiger partial charge in [0.2, 0.25) is 5.91 Å². The molecule has 3 nitrogen and oxygen atoms in total. The molecule has 1 saturated heterocycles. The molecule has 0 radical (unpaired) electrons. The molecule has 19 heavy (non-hydrogen) atoms. The maximum atomic E-state index is 12.0. The highest BCUT2D eigenvalue weighted by molar-refractivity contribution is 5.81. The Morgan fingerprint density at radius 2 is 2.32 bits per heavy atom. The molecule has 0 aliphatic carbocycles. The third-order valence-electron chi connectivity index (χ3n) is 3.78. The molecule has 0 aromatic heterocycles. The number of benzene rings is 1. The first-order valence-corrected chi connectivity index (χ1v) is 7.22. The number of hydrogen-bond acceptors (Lipinski definition) is 2. The third-order valence-corrected chi connectivity index (χ3v) is 3.78. The molecule has 1 aliphatic rings. The van der Waals surface area contributed by atoms with Crippen molar-refractivity contribution in [3.05, 3.63) is 35.4 Å². The summed E-state index contributed by atoms with van der Waals surface area (Å²) in [6.07, 6.45) is 3.03. The van der Waals surface area contributed by atoms with Crippen LogP contribution in [-0.2, 0) is 11.2 Å². The first-order chi connectivity index (χ1) is 9.15. The van der Waals surface area contributed by atoms with Crippen LogP contribution in [0.2, 0.25) is 0 Å². The fourth-order valence-electron chi connectivity index (χ4n) is 2.63. The van der Waals surface area contributed by atoms with Crippen molar-refractivity contribution in [3.8, 4) is 0 Å². The number of carbonyl (C=O) groups is 1.